The fraction of sp³-hybridized carbons (Fsp3) is 0. The van der Waals surface area contributed by atoms with Crippen molar-refractivity contribution in [2.75, 3.05) is 5.73 Å². The van der Waals surface area contributed by atoms with Crippen molar-refractivity contribution in [3.05, 3.63) is 23.3 Å². The van der Waals surface area contributed by atoms with Crippen molar-refractivity contribution in [3.63, 3.8) is 0 Å². The number of hydrogen-bond donors (Lipinski definition) is 4. The van der Waals surface area contributed by atoms with Gasteiger partial charge >= 0.3 is 11.9 Å². The van der Waals surface area contributed by atoms with Crippen molar-refractivity contribution < 1.29 is 24.9 Å². The zero-order valence-corrected chi connectivity index (χ0v) is 6.89. The number of nitrogen functional groups attached to an aromatic ring is 1. The number of carbonyl (C=O) groups is 2. The minimum Gasteiger partial charge on any atom is -0.507 e. The summed E-state index contributed by atoms with van der Waals surface area (Å²) in [6.07, 6.45) is 0. The summed E-state index contributed by atoms with van der Waals surface area (Å²) in [5.74, 6) is -3.65. The largest absolute Gasteiger partial charge is 0.507 e. The van der Waals surface area contributed by atoms with Gasteiger partial charge in [0.05, 0.1) is 0 Å². The highest BCUT2D eigenvalue weighted by Gasteiger charge is 2.22. The monoisotopic (exact) mass is 197 g/mol. The van der Waals surface area contributed by atoms with E-state index in [1.165, 1.54) is 0 Å². The molecule has 0 aliphatic heterocycles. The summed E-state index contributed by atoms with van der Waals surface area (Å²) in [7, 11) is 0. The Labute approximate surface area is 78.2 Å². The van der Waals surface area contributed by atoms with Crippen LogP contribution in [0.2, 0.25) is 0 Å². The van der Waals surface area contributed by atoms with Crippen LogP contribution in [0.4, 0.5) is 5.69 Å². The van der Waals surface area contributed by atoms with E-state index >= 15 is 0 Å². The Balaban J connectivity index is 3.58. The van der Waals surface area contributed by atoms with Gasteiger partial charge in [-0.1, -0.05) is 0 Å². The van der Waals surface area contributed by atoms with Crippen molar-refractivity contribution in [1.29, 1.82) is 0 Å². The summed E-state index contributed by atoms with van der Waals surface area (Å²) < 4.78 is 0. The van der Waals surface area contributed by atoms with Crippen LogP contribution >= 0.6 is 0 Å². The van der Waals surface area contributed by atoms with E-state index in [4.69, 9.17) is 21.1 Å². The van der Waals surface area contributed by atoms with Gasteiger partial charge in [0.15, 0.2) is 0 Å². The van der Waals surface area contributed by atoms with Gasteiger partial charge in [-0.05, 0) is 12.1 Å². The van der Waals surface area contributed by atoms with E-state index in [-0.39, 0.29) is 5.69 Å². The van der Waals surface area contributed by atoms with Gasteiger partial charge < -0.3 is 21.1 Å². The smallest absolute Gasteiger partial charge is 0.340 e. The Morgan fingerprint density at radius 1 is 1.07 bits per heavy atom. The first kappa shape index (κ1) is 9.85. The number of anilines is 1. The number of hydrogen-bond acceptors (Lipinski definition) is 4. The van der Waals surface area contributed by atoms with E-state index in [1.54, 1.807) is 0 Å². The van der Waals surface area contributed by atoms with Crippen LogP contribution in [-0.4, -0.2) is 27.3 Å². The zero-order valence-electron chi connectivity index (χ0n) is 6.89. The van der Waals surface area contributed by atoms with Gasteiger partial charge in [0.25, 0.3) is 0 Å². The van der Waals surface area contributed by atoms with Crippen molar-refractivity contribution in [2.24, 2.45) is 0 Å². The van der Waals surface area contributed by atoms with Gasteiger partial charge in [0.2, 0.25) is 0 Å². The van der Waals surface area contributed by atoms with Crippen LogP contribution in [0.5, 0.6) is 5.75 Å². The summed E-state index contributed by atoms with van der Waals surface area (Å²) in [6, 6.07) is 2.16. The minimum absolute atomic E-state index is 0.201. The summed E-state index contributed by atoms with van der Waals surface area (Å²) in [5, 5.41) is 26.4. The van der Waals surface area contributed by atoms with Crippen LogP contribution in [-0.2, 0) is 0 Å². The Morgan fingerprint density at radius 3 is 1.93 bits per heavy atom. The first-order chi connectivity index (χ1) is 6.45. The van der Waals surface area contributed by atoms with E-state index in [9.17, 15) is 9.59 Å². The van der Waals surface area contributed by atoms with Crippen LogP contribution in [0.15, 0.2) is 12.1 Å². The fourth-order valence-corrected chi connectivity index (χ4v) is 1.05. The molecule has 0 aromatic heterocycles. The zero-order chi connectivity index (χ0) is 10.9. The molecular weight excluding hydrogens is 190 g/mol. The molecular formula is C8H7NO5. The molecule has 0 heterocycles. The maximum absolute atomic E-state index is 10.6. The number of rotatable bonds is 2. The number of benzene rings is 1. The molecule has 0 bridgehead atoms. The molecule has 0 saturated heterocycles. The average Bonchev–Trinajstić information content (AvgIpc) is 2.07. The molecule has 14 heavy (non-hydrogen) atoms. The minimum atomic E-state index is -1.53. The molecule has 0 atom stereocenters. The average molecular weight is 197 g/mol. The second-order valence-electron chi connectivity index (χ2n) is 2.53. The van der Waals surface area contributed by atoms with Crippen molar-refractivity contribution in [1.82, 2.24) is 0 Å². The van der Waals surface area contributed by atoms with Crippen LogP contribution in [0, 0.1) is 0 Å². The molecule has 1 aromatic carbocycles. The Kier molecular flexibility index (Phi) is 2.29. The molecule has 0 aliphatic rings. The maximum Gasteiger partial charge on any atom is 0.340 e. The van der Waals surface area contributed by atoms with Crippen LogP contribution in [0.25, 0.3) is 0 Å². The first-order valence-corrected chi connectivity index (χ1v) is 3.53. The number of phenols is 1. The topological polar surface area (TPSA) is 121 Å². The number of aromatic hydroxyl groups is 1. The van der Waals surface area contributed by atoms with Crippen molar-refractivity contribution in [3.8, 4) is 5.75 Å². The highest BCUT2D eigenvalue weighted by Crippen LogP contribution is 2.26. The van der Waals surface area contributed by atoms with Crippen molar-refractivity contribution >= 4 is 17.6 Å². The maximum atomic E-state index is 10.6. The molecule has 0 amide bonds. The fourth-order valence-electron chi connectivity index (χ4n) is 1.05. The summed E-state index contributed by atoms with van der Waals surface area (Å²) in [5.41, 5.74) is 3.78. The standard InChI is InChI=1S/C8H7NO5/c9-3-1-2-4(10)6(8(13)14)5(3)7(11)12/h1-2,10H,9H2,(H,11,12)(H,13,14). The van der Waals surface area contributed by atoms with Gasteiger partial charge in [-0.3, -0.25) is 0 Å². The number of carboxylic acid groups (broad SMARTS) is 2. The third-order valence-electron chi connectivity index (χ3n) is 1.64. The normalized spacial score (nSPS) is 9.71. The second kappa shape index (κ2) is 3.25. The highest BCUT2D eigenvalue weighted by atomic mass is 16.4. The van der Waals surface area contributed by atoms with Gasteiger partial charge in [0.1, 0.15) is 16.9 Å². The van der Waals surface area contributed by atoms with E-state index in [2.05, 4.69) is 0 Å². The molecule has 0 unspecified atom stereocenters. The van der Waals surface area contributed by atoms with Crippen LogP contribution in [0.3, 0.4) is 0 Å². The van der Waals surface area contributed by atoms with Gasteiger partial charge in [0, 0.05) is 5.69 Å². The quantitative estimate of drug-likeness (QED) is 0.401. The van der Waals surface area contributed by atoms with E-state index < -0.39 is 28.8 Å². The Bertz CT molecular complexity index is 373. The SMILES string of the molecule is Nc1ccc(O)c(C(=O)O)c1C(=O)O. The molecule has 6 heteroatoms. The molecule has 0 radical (unpaired) electrons. The molecule has 0 saturated carbocycles. The molecule has 1 aromatic rings. The number of nitrogens with two attached hydrogens (primary N) is 1. The van der Waals surface area contributed by atoms with Crippen LogP contribution < -0.4 is 5.73 Å². The molecule has 74 valence electrons. The molecule has 0 spiro atoms. The van der Waals surface area contributed by atoms with Gasteiger partial charge in [-0.2, -0.15) is 0 Å². The lowest BCUT2D eigenvalue weighted by atomic mass is 10.0. The Hall–Kier alpha value is -2.24. The summed E-state index contributed by atoms with van der Waals surface area (Å²) in [6.45, 7) is 0. The number of carboxylic acids is 2. The van der Waals surface area contributed by atoms with Crippen molar-refractivity contribution in [2.45, 2.75) is 0 Å². The molecule has 5 N–H and O–H groups in total. The summed E-state index contributed by atoms with van der Waals surface area (Å²) >= 11 is 0. The van der Waals surface area contributed by atoms with E-state index in [0.717, 1.165) is 12.1 Å². The van der Waals surface area contributed by atoms with E-state index in [0.29, 0.717) is 0 Å². The lowest BCUT2D eigenvalue weighted by Gasteiger charge is -2.06. The molecule has 6 nitrogen and oxygen atoms in total. The first-order valence-electron chi connectivity index (χ1n) is 3.53. The predicted octanol–water partition coefficient (Wildman–Crippen LogP) is 0.371. The van der Waals surface area contributed by atoms with Crippen LogP contribution in [0.1, 0.15) is 20.7 Å². The van der Waals surface area contributed by atoms with Gasteiger partial charge in [-0.15, -0.1) is 0 Å². The van der Waals surface area contributed by atoms with Gasteiger partial charge in [-0.25, -0.2) is 9.59 Å². The Morgan fingerprint density at radius 2 is 1.57 bits per heavy atom. The molecule has 1 rings (SSSR count). The second-order valence-corrected chi connectivity index (χ2v) is 2.53. The molecule has 0 fully saturated rings. The lowest BCUT2D eigenvalue weighted by molar-refractivity contribution is 0.0649. The summed E-state index contributed by atoms with van der Waals surface area (Å²) in [4.78, 5) is 21.3. The third-order valence-corrected chi connectivity index (χ3v) is 1.64. The predicted molar refractivity (Wildman–Crippen MR) is 46.4 cm³/mol. The lowest BCUT2D eigenvalue weighted by Crippen LogP contribution is -2.11. The van der Waals surface area contributed by atoms with E-state index in [1.807, 2.05) is 0 Å². The molecule has 0 aliphatic carbocycles. The third kappa shape index (κ3) is 1.45. The number of aromatic carboxylic acids is 2. The highest BCUT2D eigenvalue weighted by molar-refractivity contribution is 6.07.